The van der Waals surface area contributed by atoms with Crippen LogP contribution in [-0.2, 0) is 0 Å². The van der Waals surface area contributed by atoms with Gasteiger partial charge in [0.2, 0.25) is 0 Å². The zero-order valence-electron chi connectivity index (χ0n) is 72.1. The van der Waals surface area contributed by atoms with E-state index in [1.165, 1.54) is 212 Å². The lowest BCUT2D eigenvalue weighted by atomic mass is 9.57. The van der Waals surface area contributed by atoms with E-state index in [0.29, 0.717) is 21.7 Å². The molecule has 0 heteroatoms. The highest BCUT2D eigenvalue weighted by molar-refractivity contribution is 5.01. The summed E-state index contributed by atoms with van der Waals surface area (Å²) in [5, 5.41) is 0. The Hall–Kier alpha value is 0. The van der Waals surface area contributed by atoms with E-state index in [0.717, 1.165) is 153 Å². The van der Waals surface area contributed by atoms with Gasteiger partial charge >= 0.3 is 0 Å². The van der Waals surface area contributed by atoms with Gasteiger partial charge in [-0.05, 0) is 348 Å². The summed E-state index contributed by atoms with van der Waals surface area (Å²) >= 11 is 0. The Morgan fingerprint density at radius 2 is 0.707 bits per heavy atom. The topological polar surface area (TPSA) is 0 Å². The molecule has 0 aromatic carbocycles. The number of rotatable bonds is 3. The molecule has 0 spiro atoms. The zero-order valence-corrected chi connectivity index (χ0v) is 72.1. The molecule has 20 aliphatic carbocycles. The molecular formula is C99H184. The summed E-state index contributed by atoms with van der Waals surface area (Å²) in [5.41, 5.74) is 3.96. The van der Waals surface area contributed by atoms with Crippen LogP contribution in [0.15, 0.2) is 0 Å². The average molecular weight is 1370 g/mol. The predicted molar refractivity (Wildman–Crippen MR) is 440 cm³/mol. The molecule has 0 radical (unpaired) electrons. The SMILES string of the molecule is CC1C(C)(C)CCCC1(C)C.CC1C2CCC(C2)[C@H]1C.CCC1CC2CCC1C2.CCC1CCCC1.CCC1CCCCC1.C[C@@H]1C2CCC(C2)C1(C)C.C[C@@H]1CCCCC1(C)C.C[C@H]1CC2CCC1(C)C2.C[C@H]1CC2CCC1(C)CC2.C[C@H]1CC2CCC1C2.C[C@H]1CC2CCC1CC2. The average Bonchev–Trinajstić information content (AvgIpc) is 1.15. The smallest absolute Gasteiger partial charge is 0.0297 e. The molecule has 0 aliphatic heterocycles. The maximum atomic E-state index is 2.49. The van der Waals surface area contributed by atoms with E-state index in [1.807, 2.05) is 0 Å². The molecule has 20 fully saturated rings. The second-order valence-electron chi connectivity index (χ2n) is 44.7. The highest BCUT2D eigenvalue weighted by atomic mass is 14.6. The van der Waals surface area contributed by atoms with Gasteiger partial charge < -0.3 is 0 Å². The van der Waals surface area contributed by atoms with Crippen molar-refractivity contribution in [1.29, 1.82) is 0 Å². The molecule has 0 heterocycles. The van der Waals surface area contributed by atoms with Gasteiger partial charge in [-0.2, -0.15) is 0 Å². The molecular weight excluding hydrogens is 1190 g/mol. The van der Waals surface area contributed by atoms with Crippen molar-refractivity contribution in [1.82, 2.24) is 0 Å². The van der Waals surface area contributed by atoms with Crippen LogP contribution in [-0.4, -0.2) is 0 Å². The van der Waals surface area contributed by atoms with Crippen molar-refractivity contribution in [3.8, 4) is 0 Å². The van der Waals surface area contributed by atoms with Crippen LogP contribution in [0.25, 0.3) is 0 Å². The van der Waals surface area contributed by atoms with Crippen molar-refractivity contribution in [3.05, 3.63) is 0 Å². The lowest BCUT2D eigenvalue weighted by molar-refractivity contribution is 0.0209. The number of hydrogen-bond acceptors (Lipinski definition) is 0. The molecule has 20 saturated carbocycles. The van der Waals surface area contributed by atoms with Crippen molar-refractivity contribution >= 4 is 0 Å². The summed E-state index contributed by atoms with van der Waals surface area (Å²) in [7, 11) is 0. The first-order valence-corrected chi connectivity index (χ1v) is 46.8. The van der Waals surface area contributed by atoms with Crippen LogP contribution in [0, 0.1) is 175 Å². The summed E-state index contributed by atoms with van der Waals surface area (Å²) in [6.07, 6.45) is 71.0. The quantitative estimate of drug-likeness (QED) is 0.264. The molecule has 0 nitrogen and oxygen atoms in total. The maximum Gasteiger partial charge on any atom is -0.0297 e. The van der Waals surface area contributed by atoms with Crippen LogP contribution in [0.2, 0.25) is 0 Å². The minimum Gasteiger partial charge on any atom is -0.0651 e. The Labute approximate surface area is 624 Å². The Kier molecular flexibility index (Phi) is 32.8. The normalized spacial score (nSPS) is 44.0. The molecule has 580 valence electrons. The molecule has 0 aromatic rings. The Morgan fingerprint density at radius 3 is 0.970 bits per heavy atom. The third kappa shape index (κ3) is 23.5. The second kappa shape index (κ2) is 38.4. The van der Waals surface area contributed by atoms with Gasteiger partial charge in [0, 0.05) is 0 Å². The molecule has 20 aliphatic rings. The highest BCUT2D eigenvalue weighted by Gasteiger charge is 2.51. The van der Waals surface area contributed by atoms with Gasteiger partial charge in [-0.1, -0.05) is 281 Å². The first-order valence-electron chi connectivity index (χ1n) is 46.8. The van der Waals surface area contributed by atoms with Gasteiger partial charge in [-0.15, -0.1) is 0 Å². The van der Waals surface area contributed by atoms with E-state index in [1.54, 1.807) is 89.9 Å². The van der Waals surface area contributed by atoms with Gasteiger partial charge in [-0.3, -0.25) is 0 Å². The minimum atomic E-state index is 0.571. The zero-order chi connectivity index (χ0) is 72.1. The fraction of sp³-hybridized carbons (Fsp3) is 1.00. The van der Waals surface area contributed by atoms with Crippen molar-refractivity contribution < 1.29 is 0 Å². The summed E-state index contributed by atoms with van der Waals surface area (Å²) in [4.78, 5) is 0. The predicted octanol–water partition coefficient (Wildman–Crippen LogP) is 32.6. The Balaban J connectivity index is 0.000000139. The second-order valence-corrected chi connectivity index (χ2v) is 44.7. The van der Waals surface area contributed by atoms with Crippen molar-refractivity contribution in [2.45, 2.75) is 454 Å². The molecule has 0 saturated heterocycles. The lowest BCUT2D eigenvalue weighted by Crippen LogP contribution is -2.38. The van der Waals surface area contributed by atoms with E-state index < -0.39 is 0 Å². The van der Waals surface area contributed by atoms with Crippen molar-refractivity contribution in [2.24, 2.45) is 175 Å². The van der Waals surface area contributed by atoms with E-state index in [-0.39, 0.29) is 0 Å². The van der Waals surface area contributed by atoms with Crippen LogP contribution in [0.1, 0.15) is 454 Å². The van der Waals surface area contributed by atoms with Gasteiger partial charge in [0.25, 0.3) is 0 Å². The fourth-order valence-electron chi connectivity index (χ4n) is 27.0. The number of fused-ring (bicyclic) bond motifs is 16. The maximum absolute atomic E-state index is 2.49. The minimum absolute atomic E-state index is 0.571. The van der Waals surface area contributed by atoms with Gasteiger partial charge in [0.1, 0.15) is 0 Å². The van der Waals surface area contributed by atoms with Gasteiger partial charge in [0.05, 0.1) is 0 Å². The Morgan fingerprint density at radius 1 is 0.273 bits per heavy atom. The standard InChI is InChI=1S/C11H22.2C10H18.4C9H16.C9H18.C8H14.C8H16.C7H14/c1-9-10(2,3)7-6-8-11(9,4)5;1-7-8-4-5-9(6-8)10(7,2)3;1-8-7-9-3-5-10(8,2)6-4-9;1-7-5-8-3-4-9(7,2)6-8;1-6-7(2)9-4-3-8(6)5-9;1-7-6-8-2-4-9(7)5-3-8;1-2-8-5-7-3-4-9(8)6-7;1-8-6-4-5-7-9(8,2)3;1-6-4-7-2-3-8(6)5-7;1-2-8-6-4-3-5-7-8;1-2-7-5-3-4-6-7/h9H,6-8H2,1-5H3;7-9H,4-6H2,1-3H3;8-9H,3-7H2,1-2H3;7-8H,3-6H2,1-2H3;6-9H,3-5H2,1-2H3;2*7-9H,2-6H2,1H3;8H,4-7H2,1-3H3;6-8H,2-5H2,1H3;8H,2-7H2,1H3;7H,2-6H2,1H3/t;7-,8?,9?;8-,9?,10?;7-,8?,9?;6-,7?,8?,9?;7-,8?,9?;;8-;6-,7?,8?;;/m.10000.10../s1. The van der Waals surface area contributed by atoms with Crippen molar-refractivity contribution in [2.75, 3.05) is 0 Å². The van der Waals surface area contributed by atoms with Crippen LogP contribution in [0.4, 0.5) is 0 Å². The number of hydrogen-bond donors (Lipinski definition) is 0. The summed E-state index contributed by atoms with van der Waals surface area (Å²) in [6, 6.07) is 0. The van der Waals surface area contributed by atoms with Gasteiger partial charge in [-0.25, -0.2) is 0 Å². The summed E-state index contributed by atoms with van der Waals surface area (Å²) in [5.74, 6) is 25.8. The molecule has 99 heavy (non-hydrogen) atoms. The summed E-state index contributed by atoms with van der Waals surface area (Å²) < 4.78 is 0. The third-order valence-electron chi connectivity index (χ3n) is 37.4. The summed E-state index contributed by atoms with van der Waals surface area (Å²) in [6.45, 7) is 53.2. The van der Waals surface area contributed by atoms with Crippen LogP contribution < -0.4 is 0 Å². The third-order valence-corrected chi connectivity index (χ3v) is 37.4. The first kappa shape index (κ1) is 84.6. The molecule has 0 N–H and O–H groups in total. The lowest BCUT2D eigenvalue weighted by Gasteiger charge is -2.49. The molecule has 12 unspecified atom stereocenters. The van der Waals surface area contributed by atoms with E-state index >= 15 is 0 Å². The largest absolute Gasteiger partial charge is 0.0651 e. The molecule has 14 bridgehead atoms. The fourth-order valence-corrected chi connectivity index (χ4v) is 27.0. The molecule has 0 amide bonds. The van der Waals surface area contributed by atoms with E-state index in [2.05, 4.69) is 152 Å². The van der Waals surface area contributed by atoms with E-state index in [9.17, 15) is 0 Å². The molecule has 0 aromatic heterocycles. The van der Waals surface area contributed by atoms with Gasteiger partial charge in [0.15, 0.2) is 0 Å². The molecule has 20 rings (SSSR count). The Bertz CT molecular complexity index is 2160. The van der Waals surface area contributed by atoms with Crippen LogP contribution in [0.3, 0.4) is 0 Å². The van der Waals surface area contributed by atoms with Crippen LogP contribution >= 0.6 is 0 Å². The first-order chi connectivity index (χ1) is 46.8. The van der Waals surface area contributed by atoms with Crippen molar-refractivity contribution in [3.63, 3.8) is 0 Å². The highest BCUT2D eigenvalue weighted by Crippen LogP contribution is 2.60. The van der Waals surface area contributed by atoms with Crippen LogP contribution in [0.5, 0.6) is 0 Å². The monoisotopic (exact) mass is 1370 g/mol. The molecule has 19 atom stereocenters. The van der Waals surface area contributed by atoms with E-state index in [4.69, 9.17) is 0 Å².